The maximum atomic E-state index is 12.6. The highest BCUT2D eigenvalue weighted by Crippen LogP contribution is 2.51. The van der Waals surface area contributed by atoms with E-state index in [1.165, 1.54) is 12.2 Å². The minimum atomic E-state index is -3.75. The van der Waals surface area contributed by atoms with Crippen LogP contribution in [0.5, 0.6) is 0 Å². The van der Waals surface area contributed by atoms with Crippen molar-refractivity contribution < 1.29 is 18.4 Å². The first kappa shape index (κ1) is 18.6. The Hall–Kier alpha value is -0.440. The lowest BCUT2D eigenvalue weighted by Crippen LogP contribution is -2.19. The van der Waals surface area contributed by atoms with Crippen LogP contribution in [0.25, 0.3) is 0 Å². The van der Waals surface area contributed by atoms with Gasteiger partial charge in [-0.25, -0.2) is 0 Å². The summed E-state index contributed by atoms with van der Waals surface area (Å²) < 4.78 is 23.2. The van der Waals surface area contributed by atoms with E-state index < -0.39 is 13.1 Å². The molecule has 0 aliphatic rings. The van der Waals surface area contributed by atoms with E-state index in [0.29, 0.717) is 0 Å². The summed E-state index contributed by atoms with van der Waals surface area (Å²) in [5, 5.41) is 0. The lowest BCUT2D eigenvalue weighted by atomic mass is 9.99. The Morgan fingerprint density at radius 1 is 1.00 bits per heavy atom. The number of carbonyl (C=O) groups is 1. The summed E-state index contributed by atoms with van der Waals surface area (Å²) in [6, 6.07) is 0. The molecule has 0 amide bonds. The summed E-state index contributed by atoms with van der Waals surface area (Å²) in [6.07, 6.45) is 2.78. The predicted octanol–water partition coefficient (Wildman–Crippen LogP) is 4.41. The molecule has 0 spiro atoms. The second-order valence-corrected chi connectivity index (χ2v) is 8.96. The minimum absolute atomic E-state index is 0.184. The molecular formula is C14H27O4P. The predicted molar refractivity (Wildman–Crippen MR) is 78.2 cm³/mol. The Morgan fingerprint density at radius 2 is 1.37 bits per heavy atom. The van der Waals surface area contributed by atoms with Gasteiger partial charge in [-0.1, -0.05) is 47.6 Å². The standard InChI is InChI=1S/C14H27O4P/c1-8-9-12(15)19(16,17-10-13(2,3)4)18-11-14(5,6)7/h8-9H,10-11H2,1-7H3. The smallest absolute Gasteiger partial charge is 0.302 e. The third-order valence-corrected chi connectivity index (χ3v) is 3.54. The molecule has 0 saturated carbocycles. The molecule has 0 N–H and O–H groups in total. The molecule has 0 rings (SSSR count). The van der Waals surface area contributed by atoms with E-state index in [1.807, 2.05) is 41.5 Å². The van der Waals surface area contributed by atoms with Crippen LogP contribution in [0.2, 0.25) is 0 Å². The Morgan fingerprint density at radius 3 is 1.63 bits per heavy atom. The monoisotopic (exact) mass is 290 g/mol. The van der Waals surface area contributed by atoms with Gasteiger partial charge in [-0.2, -0.15) is 0 Å². The first-order valence-electron chi connectivity index (χ1n) is 6.46. The van der Waals surface area contributed by atoms with Crippen LogP contribution in [-0.4, -0.2) is 18.7 Å². The zero-order chi connectivity index (χ0) is 15.3. The van der Waals surface area contributed by atoms with E-state index in [4.69, 9.17) is 9.05 Å². The van der Waals surface area contributed by atoms with Crippen LogP contribution in [0.3, 0.4) is 0 Å². The number of hydrogen-bond acceptors (Lipinski definition) is 4. The molecule has 4 nitrogen and oxygen atoms in total. The summed E-state index contributed by atoms with van der Waals surface area (Å²) in [7, 11) is -3.75. The summed E-state index contributed by atoms with van der Waals surface area (Å²) in [4.78, 5) is 11.9. The van der Waals surface area contributed by atoms with E-state index in [0.717, 1.165) is 0 Å². The fourth-order valence-electron chi connectivity index (χ4n) is 0.956. The van der Waals surface area contributed by atoms with Crippen LogP contribution in [0.1, 0.15) is 48.5 Å². The van der Waals surface area contributed by atoms with Crippen molar-refractivity contribution in [1.82, 2.24) is 0 Å². The van der Waals surface area contributed by atoms with Crippen LogP contribution < -0.4 is 0 Å². The van der Waals surface area contributed by atoms with Gasteiger partial charge in [0.15, 0.2) is 0 Å². The normalized spacial score (nSPS) is 14.1. The molecule has 0 bridgehead atoms. The van der Waals surface area contributed by atoms with E-state index >= 15 is 0 Å². The highest BCUT2D eigenvalue weighted by Gasteiger charge is 2.35. The van der Waals surface area contributed by atoms with Crippen LogP contribution in [-0.2, 0) is 18.4 Å². The van der Waals surface area contributed by atoms with Crippen molar-refractivity contribution in [3.8, 4) is 0 Å². The van der Waals surface area contributed by atoms with Gasteiger partial charge in [0.1, 0.15) is 0 Å². The molecule has 19 heavy (non-hydrogen) atoms. The molecule has 0 aliphatic heterocycles. The molecule has 0 aromatic heterocycles. The minimum Gasteiger partial charge on any atom is -0.302 e. The number of hydrogen-bond donors (Lipinski definition) is 0. The summed E-state index contributed by atoms with van der Waals surface area (Å²) >= 11 is 0. The lowest BCUT2D eigenvalue weighted by molar-refractivity contribution is -0.110. The SMILES string of the molecule is CC=CC(=O)P(=O)(OCC(C)(C)C)OCC(C)(C)C. The molecule has 0 aromatic rings. The molecule has 0 aromatic carbocycles. The Bertz CT molecular complexity index is 350. The summed E-state index contributed by atoms with van der Waals surface area (Å²) in [6.45, 7) is 13.8. The zero-order valence-corrected chi connectivity index (χ0v) is 14.0. The van der Waals surface area contributed by atoms with E-state index in [2.05, 4.69) is 0 Å². The van der Waals surface area contributed by atoms with E-state index in [1.54, 1.807) is 6.92 Å². The molecule has 0 unspecified atom stereocenters. The largest absolute Gasteiger partial charge is 0.401 e. The van der Waals surface area contributed by atoms with Crippen LogP contribution in [0.4, 0.5) is 0 Å². The highest BCUT2D eigenvalue weighted by molar-refractivity contribution is 7.72. The van der Waals surface area contributed by atoms with Crippen molar-refractivity contribution >= 4 is 13.1 Å². The van der Waals surface area contributed by atoms with Gasteiger partial charge in [-0.3, -0.25) is 9.36 Å². The molecule has 0 fully saturated rings. The number of carbonyl (C=O) groups excluding carboxylic acids is 1. The van der Waals surface area contributed by atoms with Gasteiger partial charge in [-0.05, 0) is 23.8 Å². The third kappa shape index (κ3) is 8.35. The molecule has 5 heteroatoms. The lowest BCUT2D eigenvalue weighted by Gasteiger charge is -2.25. The van der Waals surface area contributed by atoms with Gasteiger partial charge in [0.25, 0.3) is 5.52 Å². The molecule has 112 valence electrons. The van der Waals surface area contributed by atoms with Gasteiger partial charge >= 0.3 is 7.60 Å². The molecule has 0 saturated heterocycles. The van der Waals surface area contributed by atoms with Crippen LogP contribution >= 0.6 is 7.60 Å². The molecule has 0 radical (unpaired) electrons. The van der Waals surface area contributed by atoms with Crippen LogP contribution in [0.15, 0.2) is 12.2 Å². The van der Waals surface area contributed by atoms with Crippen molar-refractivity contribution in [3.63, 3.8) is 0 Å². The van der Waals surface area contributed by atoms with Crippen molar-refractivity contribution in [2.24, 2.45) is 10.8 Å². The average molecular weight is 290 g/mol. The zero-order valence-electron chi connectivity index (χ0n) is 13.1. The topological polar surface area (TPSA) is 52.6 Å². The first-order valence-corrected chi connectivity index (χ1v) is 8.00. The first-order chi connectivity index (χ1) is 8.40. The van der Waals surface area contributed by atoms with Gasteiger partial charge in [-0.15, -0.1) is 0 Å². The second-order valence-electron chi connectivity index (χ2n) is 7.00. The second kappa shape index (κ2) is 6.83. The molecule has 0 heterocycles. The van der Waals surface area contributed by atoms with Crippen LogP contribution in [0, 0.1) is 10.8 Å². The molecule has 0 aliphatic carbocycles. The van der Waals surface area contributed by atoms with Gasteiger partial charge < -0.3 is 9.05 Å². The fraction of sp³-hybridized carbons (Fsp3) is 0.786. The Labute approximate surface area is 117 Å². The number of allylic oxidation sites excluding steroid dienone is 2. The fourth-order valence-corrected chi connectivity index (χ4v) is 2.73. The van der Waals surface area contributed by atoms with Gasteiger partial charge in [0, 0.05) is 0 Å². The van der Waals surface area contributed by atoms with Crippen molar-refractivity contribution in [2.45, 2.75) is 48.5 Å². The third-order valence-electron chi connectivity index (χ3n) is 1.91. The maximum Gasteiger partial charge on any atom is 0.401 e. The molecular weight excluding hydrogens is 263 g/mol. The number of rotatable bonds is 6. The van der Waals surface area contributed by atoms with Crippen molar-refractivity contribution in [1.29, 1.82) is 0 Å². The molecule has 0 atom stereocenters. The van der Waals surface area contributed by atoms with Gasteiger partial charge in [0.05, 0.1) is 13.2 Å². The maximum absolute atomic E-state index is 12.6. The van der Waals surface area contributed by atoms with Crippen molar-refractivity contribution in [3.05, 3.63) is 12.2 Å². The average Bonchev–Trinajstić information content (AvgIpc) is 2.22. The van der Waals surface area contributed by atoms with Crippen molar-refractivity contribution in [2.75, 3.05) is 13.2 Å². The quantitative estimate of drug-likeness (QED) is 0.537. The summed E-state index contributed by atoms with van der Waals surface area (Å²) in [5.41, 5.74) is -0.961. The van der Waals surface area contributed by atoms with E-state index in [9.17, 15) is 9.36 Å². The highest BCUT2D eigenvalue weighted by atomic mass is 31.2. The van der Waals surface area contributed by atoms with Gasteiger partial charge in [0.2, 0.25) is 0 Å². The van der Waals surface area contributed by atoms with E-state index in [-0.39, 0.29) is 24.0 Å². The Kier molecular flexibility index (Phi) is 6.67. The summed E-state index contributed by atoms with van der Waals surface area (Å²) in [5.74, 6) is 0. The Balaban J connectivity index is 4.93.